The predicted molar refractivity (Wildman–Crippen MR) is 80.7 cm³/mol. The molecule has 1 aliphatic heterocycles. The van der Waals surface area contributed by atoms with Crippen molar-refractivity contribution < 1.29 is 19.2 Å². The Bertz CT molecular complexity index is 715. The largest absolute Gasteiger partial charge is 0.481 e. The Labute approximate surface area is 132 Å². The van der Waals surface area contributed by atoms with Crippen molar-refractivity contribution in [3.63, 3.8) is 0 Å². The van der Waals surface area contributed by atoms with Crippen molar-refractivity contribution in [2.45, 2.75) is 19.8 Å². The minimum Gasteiger partial charge on any atom is -0.481 e. The molecule has 2 heterocycles. The summed E-state index contributed by atoms with van der Waals surface area (Å²) in [5, 5.41) is 12.7. The Kier molecular flexibility index (Phi) is 4.10. The van der Waals surface area contributed by atoms with Gasteiger partial charge in [0, 0.05) is 24.2 Å². The summed E-state index contributed by atoms with van der Waals surface area (Å²) in [4.78, 5) is 29.2. The molecule has 3 rings (SSSR count). The second-order valence-corrected chi connectivity index (χ2v) is 5.63. The first-order valence-corrected chi connectivity index (χ1v) is 7.47. The summed E-state index contributed by atoms with van der Waals surface area (Å²) in [6.45, 7) is 2.69. The van der Waals surface area contributed by atoms with E-state index in [4.69, 9.17) is 9.63 Å². The molecule has 0 radical (unpaired) electrons. The van der Waals surface area contributed by atoms with Crippen LogP contribution in [0.2, 0.25) is 0 Å². The lowest BCUT2D eigenvalue weighted by atomic mass is 9.96. The van der Waals surface area contributed by atoms with Gasteiger partial charge in [-0.15, -0.1) is 0 Å². The number of aromatic nitrogens is 2. The molecular formula is C16H17N3O4. The van der Waals surface area contributed by atoms with E-state index >= 15 is 0 Å². The number of nitrogens with zero attached hydrogens (tertiary/aromatic N) is 3. The maximum atomic E-state index is 12.5. The summed E-state index contributed by atoms with van der Waals surface area (Å²) in [5.74, 6) is -0.231. The molecule has 0 aliphatic carbocycles. The Morgan fingerprint density at radius 3 is 2.39 bits per heavy atom. The van der Waals surface area contributed by atoms with E-state index in [-0.39, 0.29) is 11.8 Å². The quantitative estimate of drug-likeness (QED) is 0.930. The molecule has 1 aromatic heterocycles. The number of rotatable bonds is 3. The number of aliphatic carboxylic acids is 1. The third kappa shape index (κ3) is 3.23. The van der Waals surface area contributed by atoms with Gasteiger partial charge in [0.15, 0.2) is 5.82 Å². The molecule has 0 unspecified atom stereocenters. The molecule has 1 N–H and O–H groups in total. The van der Waals surface area contributed by atoms with Crippen LogP contribution in [-0.4, -0.2) is 45.1 Å². The molecular weight excluding hydrogens is 298 g/mol. The second kappa shape index (κ2) is 6.20. The molecule has 23 heavy (non-hydrogen) atoms. The van der Waals surface area contributed by atoms with Crippen molar-refractivity contribution in [2.75, 3.05) is 13.1 Å². The van der Waals surface area contributed by atoms with Crippen molar-refractivity contribution in [3.8, 4) is 11.5 Å². The van der Waals surface area contributed by atoms with Gasteiger partial charge in [-0.3, -0.25) is 9.59 Å². The van der Waals surface area contributed by atoms with Crippen LogP contribution in [0.1, 0.15) is 29.0 Å². The van der Waals surface area contributed by atoms with Crippen LogP contribution in [-0.2, 0) is 4.79 Å². The number of hydrogen-bond acceptors (Lipinski definition) is 5. The summed E-state index contributed by atoms with van der Waals surface area (Å²) in [5.41, 5.74) is 1.32. The van der Waals surface area contributed by atoms with Crippen molar-refractivity contribution >= 4 is 11.9 Å². The maximum Gasteiger partial charge on any atom is 0.306 e. The van der Waals surface area contributed by atoms with Crippen molar-refractivity contribution in [1.82, 2.24) is 15.0 Å². The van der Waals surface area contributed by atoms with Gasteiger partial charge >= 0.3 is 5.97 Å². The first-order chi connectivity index (χ1) is 11.0. The number of carboxylic acid groups (broad SMARTS) is 1. The van der Waals surface area contributed by atoms with Crippen LogP contribution in [0.15, 0.2) is 28.8 Å². The van der Waals surface area contributed by atoms with E-state index in [9.17, 15) is 9.59 Å². The van der Waals surface area contributed by atoms with Gasteiger partial charge < -0.3 is 14.5 Å². The predicted octanol–water partition coefficient (Wildman–Crippen LogP) is 1.98. The molecule has 0 atom stereocenters. The normalized spacial score (nSPS) is 15.6. The van der Waals surface area contributed by atoms with E-state index in [0.717, 1.165) is 5.56 Å². The van der Waals surface area contributed by atoms with Crippen LogP contribution >= 0.6 is 0 Å². The summed E-state index contributed by atoms with van der Waals surface area (Å²) < 4.78 is 5.09. The van der Waals surface area contributed by atoms with E-state index < -0.39 is 5.97 Å². The Morgan fingerprint density at radius 2 is 1.87 bits per heavy atom. The third-order valence-electron chi connectivity index (χ3n) is 4.04. The average Bonchev–Trinajstić information content (AvgIpc) is 3.01. The van der Waals surface area contributed by atoms with E-state index in [1.807, 2.05) is 0 Å². The minimum absolute atomic E-state index is 0.0814. The maximum absolute atomic E-state index is 12.5. The number of piperidine rings is 1. The summed E-state index contributed by atoms with van der Waals surface area (Å²) in [6, 6.07) is 6.98. The van der Waals surface area contributed by atoms with Gasteiger partial charge in [0.2, 0.25) is 0 Å². The molecule has 120 valence electrons. The fourth-order valence-corrected chi connectivity index (χ4v) is 2.68. The SMILES string of the molecule is Cc1noc(-c2ccc(C(=O)N3CCC(C(=O)O)CC3)cc2)n1. The number of amides is 1. The highest BCUT2D eigenvalue weighted by Gasteiger charge is 2.27. The highest BCUT2D eigenvalue weighted by molar-refractivity contribution is 5.94. The van der Waals surface area contributed by atoms with Crippen molar-refractivity contribution in [1.29, 1.82) is 0 Å². The number of benzene rings is 1. The zero-order chi connectivity index (χ0) is 16.4. The van der Waals surface area contributed by atoms with Gasteiger partial charge in [-0.1, -0.05) is 5.16 Å². The van der Waals surface area contributed by atoms with Crippen LogP contribution in [0.25, 0.3) is 11.5 Å². The van der Waals surface area contributed by atoms with Gasteiger partial charge in [0.05, 0.1) is 5.92 Å². The molecule has 0 saturated carbocycles. The first kappa shape index (κ1) is 15.2. The Balaban J connectivity index is 1.68. The number of hydrogen-bond donors (Lipinski definition) is 1. The van der Waals surface area contributed by atoms with Gasteiger partial charge in [-0.2, -0.15) is 4.98 Å². The molecule has 1 aliphatic rings. The summed E-state index contributed by atoms with van der Waals surface area (Å²) >= 11 is 0. The third-order valence-corrected chi connectivity index (χ3v) is 4.04. The number of aryl methyl sites for hydroxylation is 1. The molecule has 2 aromatic rings. The highest BCUT2D eigenvalue weighted by atomic mass is 16.5. The fraction of sp³-hybridized carbons (Fsp3) is 0.375. The van der Waals surface area contributed by atoms with E-state index in [1.54, 1.807) is 36.1 Å². The Hall–Kier alpha value is -2.70. The minimum atomic E-state index is -0.781. The van der Waals surface area contributed by atoms with Gasteiger partial charge in [-0.25, -0.2) is 0 Å². The lowest BCUT2D eigenvalue weighted by Gasteiger charge is -2.30. The molecule has 1 amide bonds. The lowest BCUT2D eigenvalue weighted by molar-refractivity contribution is -0.143. The molecule has 0 spiro atoms. The number of likely N-dealkylation sites (tertiary alicyclic amines) is 1. The standard InChI is InChI=1S/C16H17N3O4/c1-10-17-14(23-18-10)11-2-4-12(5-3-11)15(20)19-8-6-13(7-9-19)16(21)22/h2-5,13H,6-9H2,1H3,(H,21,22). The summed E-state index contributed by atoms with van der Waals surface area (Å²) in [6.07, 6.45) is 1.00. The zero-order valence-electron chi connectivity index (χ0n) is 12.7. The number of carboxylic acids is 1. The number of carbonyl (C=O) groups excluding carboxylic acids is 1. The van der Waals surface area contributed by atoms with Crippen LogP contribution in [0, 0.1) is 12.8 Å². The average molecular weight is 315 g/mol. The summed E-state index contributed by atoms with van der Waals surface area (Å²) in [7, 11) is 0. The monoisotopic (exact) mass is 315 g/mol. The van der Waals surface area contributed by atoms with E-state index in [0.29, 0.717) is 43.2 Å². The molecule has 7 nitrogen and oxygen atoms in total. The van der Waals surface area contributed by atoms with Crippen molar-refractivity contribution in [3.05, 3.63) is 35.7 Å². The topological polar surface area (TPSA) is 96.5 Å². The van der Waals surface area contributed by atoms with Gasteiger partial charge in [0.25, 0.3) is 11.8 Å². The molecule has 1 fully saturated rings. The molecule has 0 bridgehead atoms. The van der Waals surface area contributed by atoms with Crippen LogP contribution in [0.5, 0.6) is 0 Å². The van der Waals surface area contributed by atoms with Crippen molar-refractivity contribution in [2.24, 2.45) is 5.92 Å². The Morgan fingerprint density at radius 1 is 1.22 bits per heavy atom. The van der Waals surface area contributed by atoms with E-state index in [2.05, 4.69) is 10.1 Å². The number of carbonyl (C=O) groups is 2. The van der Waals surface area contributed by atoms with Crippen LogP contribution in [0.3, 0.4) is 0 Å². The molecule has 1 aromatic carbocycles. The lowest BCUT2D eigenvalue weighted by Crippen LogP contribution is -2.40. The van der Waals surface area contributed by atoms with Gasteiger partial charge in [0.1, 0.15) is 0 Å². The zero-order valence-corrected chi connectivity index (χ0v) is 12.7. The van der Waals surface area contributed by atoms with Crippen LogP contribution in [0.4, 0.5) is 0 Å². The van der Waals surface area contributed by atoms with E-state index in [1.165, 1.54) is 0 Å². The smallest absolute Gasteiger partial charge is 0.306 e. The molecule has 1 saturated heterocycles. The van der Waals surface area contributed by atoms with Gasteiger partial charge in [-0.05, 0) is 44.0 Å². The first-order valence-electron chi connectivity index (χ1n) is 7.47. The molecule has 7 heteroatoms. The highest BCUT2D eigenvalue weighted by Crippen LogP contribution is 2.21. The fourth-order valence-electron chi connectivity index (χ4n) is 2.68. The van der Waals surface area contributed by atoms with Crippen LogP contribution < -0.4 is 0 Å². The second-order valence-electron chi connectivity index (χ2n) is 5.63.